The van der Waals surface area contributed by atoms with Gasteiger partial charge in [0.1, 0.15) is 0 Å². The normalized spacial score (nSPS) is 22.3. The largest absolute Gasteiger partial charge is 0.454 e. The van der Waals surface area contributed by atoms with Crippen LogP contribution < -0.4 is 19.7 Å². The van der Waals surface area contributed by atoms with Gasteiger partial charge in [0.25, 0.3) is 5.91 Å². The number of piperidine rings is 1. The Morgan fingerprint density at radius 1 is 1.11 bits per heavy atom. The van der Waals surface area contributed by atoms with E-state index < -0.39 is 0 Å². The molecule has 1 saturated heterocycles. The van der Waals surface area contributed by atoms with Crippen molar-refractivity contribution in [2.24, 2.45) is 5.92 Å². The van der Waals surface area contributed by atoms with Gasteiger partial charge in [0.15, 0.2) is 17.5 Å². The van der Waals surface area contributed by atoms with Gasteiger partial charge in [-0.3, -0.25) is 4.79 Å². The van der Waals surface area contributed by atoms with Crippen LogP contribution >= 0.6 is 0 Å². The Labute approximate surface area is 160 Å². The lowest BCUT2D eigenvalue weighted by molar-refractivity contribution is -0.919. The quantitative estimate of drug-likeness (QED) is 0.853. The van der Waals surface area contributed by atoms with Crippen LogP contribution in [0.1, 0.15) is 25.3 Å². The van der Waals surface area contributed by atoms with E-state index in [0.29, 0.717) is 5.75 Å². The number of ether oxygens (including phenoxy) is 2. The third-order valence-corrected chi connectivity index (χ3v) is 5.76. The molecule has 0 unspecified atom stereocenters. The minimum atomic E-state index is -0.0619. The van der Waals surface area contributed by atoms with E-state index in [1.54, 1.807) is 0 Å². The Morgan fingerprint density at radius 2 is 1.85 bits per heavy atom. The van der Waals surface area contributed by atoms with Crippen LogP contribution in [-0.2, 0) is 11.2 Å². The number of quaternary nitrogens is 1. The maximum atomic E-state index is 12.7. The number of rotatable bonds is 5. The molecule has 0 bridgehead atoms. The lowest BCUT2D eigenvalue weighted by atomic mass is 9.89. The lowest BCUT2D eigenvalue weighted by Crippen LogP contribution is -3.17. The molecule has 0 radical (unpaired) electrons. The number of carbonyl (C=O) groups is 1. The van der Waals surface area contributed by atoms with Crippen molar-refractivity contribution in [2.45, 2.75) is 32.2 Å². The van der Waals surface area contributed by atoms with E-state index in [9.17, 15) is 4.79 Å². The zero-order chi connectivity index (χ0) is 18.6. The number of hydrogen-bond acceptors (Lipinski definition) is 3. The smallest absolute Gasteiger partial charge is 0.282 e. The Morgan fingerprint density at radius 3 is 2.63 bits per heavy atom. The molecule has 0 aromatic heterocycles. The molecule has 2 aromatic rings. The molecule has 4 rings (SSSR count). The van der Waals surface area contributed by atoms with Gasteiger partial charge in [-0.05, 0) is 49.8 Å². The number of nitrogens with one attached hydrogen (secondary N) is 2. The van der Waals surface area contributed by atoms with E-state index in [-0.39, 0.29) is 18.7 Å². The first-order valence-electron chi connectivity index (χ1n) is 9.78. The van der Waals surface area contributed by atoms with Crippen LogP contribution in [0.15, 0.2) is 48.5 Å². The number of likely N-dealkylation sites (tertiary alicyclic amines) is 1. The predicted molar refractivity (Wildman–Crippen MR) is 104 cm³/mol. The monoisotopic (exact) mass is 367 g/mol. The Balaban J connectivity index is 1.28. The molecule has 5 heteroatoms. The highest BCUT2D eigenvalue weighted by Crippen LogP contribution is 2.34. The maximum Gasteiger partial charge on any atom is 0.282 e. The minimum Gasteiger partial charge on any atom is -0.454 e. The molecule has 0 aliphatic carbocycles. The third kappa shape index (κ3) is 4.25. The molecule has 0 saturated carbocycles. The first-order chi connectivity index (χ1) is 13.2. The number of hydrogen-bond donors (Lipinski definition) is 2. The van der Waals surface area contributed by atoms with E-state index in [2.05, 4.69) is 35.6 Å². The molecule has 2 N–H and O–H groups in total. The molecule has 2 aliphatic rings. The Kier molecular flexibility index (Phi) is 5.30. The standard InChI is InChI=1S/C22H26N2O3/c1-16(22(25)23-19-7-8-20-21(14-19)27-15-26-20)24-11-9-18(10-12-24)13-17-5-3-2-4-6-17/h2-8,14,16,18H,9-13,15H2,1H3,(H,23,25)/p+1/t16-/m0/s1. The summed E-state index contributed by atoms with van der Waals surface area (Å²) in [6.45, 7) is 4.36. The summed E-state index contributed by atoms with van der Waals surface area (Å²) >= 11 is 0. The molecular formula is C22H27N2O3+. The fraction of sp³-hybridized carbons (Fsp3) is 0.409. The molecule has 1 fully saturated rings. The topological polar surface area (TPSA) is 52.0 Å². The predicted octanol–water partition coefficient (Wildman–Crippen LogP) is 2.28. The molecule has 142 valence electrons. The highest BCUT2D eigenvalue weighted by molar-refractivity contribution is 5.94. The van der Waals surface area contributed by atoms with Crippen LogP contribution in [-0.4, -0.2) is 31.8 Å². The van der Waals surface area contributed by atoms with Crippen LogP contribution in [0.3, 0.4) is 0 Å². The molecule has 2 aromatic carbocycles. The highest BCUT2D eigenvalue weighted by Gasteiger charge is 2.30. The Bertz CT molecular complexity index is 785. The number of carbonyl (C=O) groups excluding carboxylic acids is 1. The first kappa shape index (κ1) is 17.9. The van der Waals surface area contributed by atoms with Crippen molar-refractivity contribution < 1.29 is 19.2 Å². The van der Waals surface area contributed by atoms with Gasteiger partial charge in [0.05, 0.1) is 13.1 Å². The van der Waals surface area contributed by atoms with E-state index >= 15 is 0 Å². The van der Waals surface area contributed by atoms with Crippen LogP contribution in [0.2, 0.25) is 0 Å². The summed E-state index contributed by atoms with van der Waals surface area (Å²) in [7, 11) is 0. The van der Waals surface area contributed by atoms with E-state index in [1.807, 2.05) is 25.1 Å². The van der Waals surface area contributed by atoms with Gasteiger partial charge in [-0.2, -0.15) is 0 Å². The summed E-state index contributed by atoms with van der Waals surface area (Å²) in [6.07, 6.45) is 3.49. The molecule has 5 nitrogen and oxygen atoms in total. The van der Waals surface area contributed by atoms with Crippen molar-refractivity contribution in [3.8, 4) is 11.5 Å². The Hall–Kier alpha value is -2.53. The molecule has 2 heterocycles. The van der Waals surface area contributed by atoms with Crippen molar-refractivity contribution in [2.75, 3.05) is 25.2 Å². The molecule has 1 atom stereocenters. The number of benzene rings is 2. The highest BCUT2D eigenvalue weighted by atomic mass is 16.7. The zero-order valence-electron chi connectivity index (χ0n) is 15.7. The lowest BCUT2D eigenvalue weighted by Gasteiger charge is -2.32. The summed E-state index contributed by atoms with van der Waals surface area (Å²) < 4.78 is 10.7. The average molecular weight is 367 g/mol. The van der Waals surface area contributed by atoms with Crippen LogP contribution in [0.5, 0.6) is 11.5 Å². The summed E-state index contributed by atoms with van der Waals surface area (Å²) in [5.41, 5.74) is 2.18. The zero-order valence-corrected chi connectivity index (χ0v) is 15.7. The average Bonchev–Trinajstić information content (AvgIpc) is 3.16. The van der Waals surface area contributed by atoms with Gasteiger partial charge in [-0.1, -0.05) is 30.3 Å². The third-order valence-electron chi connectivity index (χ3n) is 5.76. The summed E-state index contributed by atoms with van der Waals surface area (Å²) in [6, 6.07) is 16.2. The number of anilines is 1. The van der Waals surface area contributed by atoms with Crippen LogP contribution in [0.4, 0.5) is 5.69 Å². The fourth-order valence-electron chi connectivity index (χ4n) is 4.04. The van der Waals surface area contributed by atoms with Crippen molar-refractivity contribution in [1.29, 1.82) is 0 Å². The second-order valence-electron chi connectivity index (χ2n) is 7.57. The van der Waals surface area contributed by atoms with E-state index in [1.165, 1.54) is 23.3 Å². The molecular weight excluding hydrogens is 340 g/mol. The maximum absolute atomic E-state index is 12.7. The van der Waals surface area contributed by atoms with Crippen molar-refractivity contribution >= 4 is 11.6 Å². The molecule has 1 amide bonds. The fourth-order valence-corrected chi connectivity index (χ4v) is 4.04. The number of fused-ring (bicyclic) bond motifs is 1. The van der Waals surface area contributed by atoms with Crippen molar-refractivity contribution in [1.82, 2.24) is 0 Å². The second kappa shape index (κ2) is 8.01. The molecule has 2 aliphatic heterocycles. The summed E-state index contributed by atoms with van der Waals surface area (Å²) in [5.74, 6) is 2.20. The van der Waals surface area contributed by atoms with Gasteiger partial charge < -0.3 is 19.7 Å². The number of amides is 1. The van der Waals surface area contributed by atoms with Gasteiger partial charge >= 0.3 is 0 Å². The van der Waals surface area contributed by atoms with Crippen molar-refractivity contribution in [3.05, 3.63) is 54.1 Å². The SMILES string of the molecule is C[C@@H](C(=O)Nc1ccc2c(c1)OCO2)[NH+]1CCC(Cc2ccccc2)CC1. The molecule has 0 spiro atoms. The van der Waals surface area contributed by atoms with Crippen molar-refractivity contribution in [3.63, 3.8) is 0 Å². The van der Waals surface area contributed by atoms with Crippen LogP contribution in [0.25, 0.3) is 0 Å². The van der Waals surface area contributed by atoms with Gasteiger partial charge in [0.2, 0.25) is 6.79 Å². The molecule has 27 heavy (non-hydrogen) atoms. The summed E-state index contributed by atoms with van der Waals surface area (Å²) in [4.78, 5) is 14.1. The first-order valence-corrected chi connectivity index (χ1v) is 9.78. The van der Waals surface area contributed by atoms with Crippen LogP contribution in [0, 0.1) is 5.92 Å². The van der Waals surface area contributed by atoms with E-state index in [4.69, 9.17) is 9.47 Å². The van der Waals surface area contributed by atoms with E-state index in [0.717, 1.165) is 36.9 Å². The van der Waals surface area contributed by atoms with Gasteiger partial charge in [0, 0.05) is 11.8 Å². The second-order valence-corrected chi connectivity index (χ2v) is 7.57. The minimum absolute atomic E-state index is 0.0605. The van der Waals surface area contributed by atoms with Gasteiger partial charge in [-0.25, -0.2) is 0 Å². The van der Waals surface area contributed by atoms with Gasteiger partial charge in [-0.15, -0.1) is 0 Å². The summed E-state index contributed by atoms with van der Waals surface area (Å²) in [5, 5.41) is 3.02.